The van der Waals surface area contributed by atoms with Crippen LogP contribution in [-0.2, 0) is 0 Å². The van der Waals surface area contributed by atoms with Gasteiger partial charge in [0.05, 0.1) is 21.7 Å². The van der Waals surface area contributed by atoms with Gasteiger partial charge >= 0.3 is 0 Å². The van der Waals surface area contributed by atoms with Crippen LogP contribution in [0.4, 0.5) is 11.4 Å². The first-order chi connectivity index (χ1) is 15.8. The van der Waals surface area contributed by atoms with Crippen molar-refractivity contribution in [2.45, 2.75) is 13.8 Å². The van der Waals surface area contributed by atoms with Crippen molar-refractivity contribution in [3.8, 4) is 11.1 Å². The Labute approximate surface area is 197 Å². The van der Waals surface area contributed by atoms with E-state index in [-0.39, 0.29) is 11.3 Å². The van der Waals surface area contributed by atoms with E-state index in [1.807, 2.05) is 32.0 Å². The third kappa shape index (κ3) is 3.24. The number of anilines is 1. The van der Waals surface area contributed by atoms with E-state index in [1.54, 1.807) is 42.5 Å². The number of hydrogen-bond acceptors (Lipinski definition) is 4. The predicted molar refractivity (Wildman–Crippen MR) is 131 cm³/mol. The lowest BCUT2D eigenvalue weighted by molar-refractivity contribution is -0.384. The maximum atomic E-state index is 13.5. The molecule has 7 heteroatoms. The molecule has 162 valence electrons. The van der Waals surface area contributed by atoms with E-state index in [9.17, 15) is 19.7 Å². The van der Waals surface area contributed by atoms with Crippen molar-refractivity contribution >= 4 is 49.9 Å². The minimum absolute atomic E-state index is 0.144. The van der Waals surface area contributed by atoms with E-state index in [0.717, 1.165) is 20.5 Å². The molecule has 4 aromatic rings. The van der Waals surface area contributed by atoms with Crippen molar-refractivity contribution in [2.75, 3.05) is 4.90 Å². The molecule has 0 atom stereocenters. The number of hydrogen-bond donors (Lipinski definition) is 0. The van der Waals surface area contributed by atoms with Gasteiger partial charge in [-0.05, 0) is 60.2 Å². The van der Waals surface area contributed by atoms with Crippen LogP contribution in [-0.4, -0.2) is 16.7 Å². The molecule has 0 bridgehead atoms. The number of carbonyl (C=O) groups is 2. The second kappa shape index (κ2) is 7.64. The van der Waals surface area contributed by atoms with Gasteiger partial charge in [0, 0.05) is 21.5 Å². The quantitative estimate of drug-likeness (QED) is 0.180. The van der Waals surface area contributed by atoms with E-state index >= 15 is 0 Å². The standard InChI is InChI=1S/C26H17BrN2O4/c1-14-5-3-6-17(11-14)28-25(30)19-8-4-7-18-23(16-9-10-21(27)15(2)12-16)22(29(32)33)13-20(24(18)19)26(28)31/h3-13H,1-2H3. The molecule has 1 heterocycles. The minimum Gasteiger partial charge on any atom is -0.268 e. The van der Waals surface area contributed by atoms with Crippen LogP contribution in [0.25, 0.3) is 21.9 Å². The smallest absolute Gasteiger partial charge is 0.268 e. The first-order valence-electron chi connectivity index (χ1n) is 10.2. The van der Waals surface area contributed by atoms with E-state index < -0.39 is 16.7 Å². The molecule has 2 amide bonds. The van der Waals surface area contributed by atoms with Gasteiger partial charge in [-0.1, -0.05) is 52.3 Å². The van der Waals surface area contributed by atoms with E-state index in [2.05, 4.69) is 15.9 Å². The summed E-state index contributed by atoms with van der Waals surface area (Å²) in [6, 6.07) is 18.9. The van der Waals surface area contributed by atoms with Gasteiger partial charge in [-0.3, -0.25) is 19.7 Å². The van der Waals surface area contributed by atoms with Crippen LogP contribution < -0.4 is 4.90 Å². The summed E-state index contributed by atoms with van der Waals surface area (Å²) >= 11 is 3.46. The summed E-state index contributed by atoms with van der Waals surface area (Å²) in [5.74, 6) is -1.02. The number of nitro groups is 1. The van der Waals surface area contributed by atoms with Gasteiger partial charge in [-0.25, -0.2) is 4.90 Å². The molecule has 0 saturated carbocycles. The molecule has 0 radical (unpaired) electrons. The van der Waals surface area contributed by atoms with Crippen molar-refractivity contribution in [1.29, 1.82) is 0 Å². The molecule has 0 aliphatic carbocycles. The molecule has 1 aliphatic rings. The third-order valence-electron chi connectivity index (χ3n) is 5.91. The number of imide groups is 1. The van der Waals surface area contributed by atoms with Crippen molar-refractivity contribution < 1.29 is 14.5 Å². The van der Waals surface area contributed by atoms with Crippen LogP contribution in [0.3, 0.4) is 0 Å². The summed E-state index contributed by atoms with van der Waals surface area (Å²) in [4.78, 5) is 39.7. The van der Waals surface area contributed by atoms with Crippen LogP contribution in [0.15, 0.2) is 71.2 Å². The maximum absolute atomic E-state index is 13.5. The summed E-state index contributed by atoms with van der Waals surface area (Å²) in [5.41, 5.74) is 3.59. The molecule has 0 saturated heterocycles. The zero-order valence-electron chi connectivity index (χ0n) is 17.8. The van der Waals surface area contributed by atoms with E-state index in [1.165, 1.54) is 6.07 Å². The fourth-order valence-electron chi connectivity index (χ4n) is 4.40. The zero-order valence-corrected chi connectivity index (χ0v) is 19.3. The lowest BCUT2D eigenvalue weighted by Gasteiger charge is -2.28. The predicted octanol–water partition coefficient (Wildman–Crippen LogP) is 6.59. The molecular weight excluding hydrogens is 484 g/mol. The lowest BCUT2D eigenvalue weighted by atomic mass is 9.87. The Kier molecular flexibility index (Phi) is 4.87. The Hall–Kier alpha value is -3.84. The van der Waals surface area contributed by atoms with Crippen molar-refractivity contribution in [2.24, 2.45) is 0 Å². The maximum Gasteiger partial charge on any atom is 0.278 e. The van der Waals surface area contributed by atoms with E-state index in [4.69, 9.17) is 0 Å². The first-order valence-corrected chi connectivity index (χ1v) is 11.0. The summed E-state index contributed by atoms with van der Waals surface area (Å²) in [5, 5.41) is 13.1. The zero-order chi connectivity index (χ0) is 23.4. The fourth-order valence-corrected chi connectivity index (χ4v) is 4.65. The van der Waals surface area contributed by atoms with Crippen molar-refractivity contribution in [1.82, 2.24) is 0 Å². The summed E-state index contributed by atoms with van der Waals surface area (Å²) in [6.07, 6.45) is 0. The monoisotopic (exact) mass is 500 g/mol. The number of nitrogens with zero attached hydrogens (tertiary/aromatic N) is 2. The second-order valence-corrected chi connectivity index (χ2v) is 8.91. The summed E-state index contributed by atoms with van der Waals surface area (Å²) in [7, 11) is 0. The topological polar surface area (TPSA) is 80.5 Å². The SMILES string of the molecule is Cc1cccc(N2C(=O)c3cccc4c(-c5ccc(Br)c(C)c5)c([N+](=O)[O-])cc(c34)C2=O)c1. The number of carbonyl (C=O) groups excluding carboxylic acids is 2. The first kappa shape index (κ1) is 21.0. The average Bonchev–Trinajstić information content (AvgIpc) is 2.78. The molecule has 0 unspecified atom stereocenters. The Bertz CT molecular complexity index is 1530. The molecule has 4 aromatic carbocycles. The number of nitro benzene ring substituents is 1. The van der Waals surface area contributed by atoms with Crippen molar-refractivity contribution in [3.63, 3.8) is 0 Å². The minimum atomic E-state index is -0.573. The Morgan fingerprint density at radius 2 is 1.61 bits per heavy atom. The van der Waals surface area contributed by atoms with E-state index in [0.29, 0.717) is 33.2 Å². The number of aryl methyl sites for hydroxylation is 2. The van der Waals surface area contributed by atoms with Crippen LogP contribution in [0.1, 0.15) is 31.8 Å². The highest BCUT2D eigenvalue weighted by molar-refractivity contribution is 9.10. The van der Waals surface area contributed by atoms with Gasteiger partial charge in [0.2, 0.25) is 0 Å². The molecule has 1 aliphatic heterocycles. The van der Waals surface area contributed by atoms with Gasteiger partial charge in [-0.15, -0.1) is 0 Å². The molecule has 0 spiro atoms. The number of rotatable bonds is 3. The summed E-state index contributed by atoms with van der Waals surface area (Å²) < 4.78 is 0.885. The second-order valence-electron chi connectivity index (χ2n) is 8.05. The van der Waals surface area contributed by atoms with Crippen LogP contribution in [0, 0.1) is 24.0 Å². The largest absolute Gasteiger partial charge is 0.278 e. The average molecular weight is 501 g/mol. The highest BCUT2D eigenvalue weighted by Gasteiger charge is 2.37. The van der Waals surface area contributed by atoms with Crippen molar-refractivity contribution in [3.05, 3.63) is 104 Å². The molecule has 0 N–H and O–H groups in total. The van der Waals surface area contributed by atoms with Crippen LogP contribution in [0.2, 0.25) is 0 Å². The number of benzene rings is 4. The van der Waals surface area contributed by atoms with Gasteiger partial charge in [0.25, 0.3) is 17.5 Å². The fraction of sp³-hybridized carbons (Fsp3) is 0.0769. The molecule has 0 aromatic heterocycles. The van der Waals surface area contributed by atoms with Gasteiger partial charge in [0.15, 0.2) is 0 Å². The van der Waals surface area contributed by atoms with Gasteiger partial charge < -0.3 is 0 Å². The number of halogens is 1. The third-order valence-corrected chi connectivity index (χ3v) is 6.80. The normalized spacial score (nSPS) is 13.0. The lowest BCUT2D eigenvalue weighted by Crippen LogP contribution is -2.40. The molecular formula is C26H17BrN2O4. The molecule has 5 rings (SSSR count). The van der Waals surface area contributed by atoms with Gasteiger partial charge in [-0.2, -0.15) is 0 Å². The molecule has 33 heavy (non-hydrogen) atoms. The Balaban J connectivity index is 1.84. The Morgan fingerprint density at radius 3 is 2.30 bits per heavy atom. The molecule has 0 fully saturated rings. The number of amides is 2. The van der Waals surface area contributed by atoms with Crippen LogP contribution >= 0.6 is 15.9 Å². The Morgan fingerprint density at radius 1 is 0.879 bits per heavy atom. The highest BCUT2D eigenvalue weighted by Crippen LogP contribution is 2.43. The highest BCUT2D eigenvalue weighted by atomic mass is 79.9. The van der Waals surface area contributed by atoms with Gasteiger partial charge in [0.1, 0.15) is 0 Å². The molecule has 6 nitrogen and oxygen atoms in total. The van der Waals surface area contributed by atoms with Crippen LogP contribution in [0.5, 0.6) is 0 Å². The summed E-state index contributed by atoms with van der Waals surface area (Å²) in [6.45, 7) is 3.77.